The Kier molecular flexibility index (Phi) is 2.04. The number of thiazole rings is 1. The number of aryl methyl sites for hydroxylation is 1. The lowest BCUT2D eigenvalue weighted by molar-refractivity contribution is 0.641. The Balaban J connectivity index is 2.93. The molecule has 0 unspecified atom stereocenters. The van der Waals surface area contributed by atoms with Crippen LogP contribution in [0.15, 0.2) is 12.1 Å². The summed E-state index contributed by atoms with van der Waals surface area (Å²) in [6.45, 7) is 1.94. The molecule has 2 aromatic rings. The number of fused-ring (bicyclic) bond motifs is 1. The third-order valence-electron chi connectivity index (χ3n) is 1.67. The molecule has 0 amide bonds. The highest BCUT2D eigenvalue weighted by atomic mass is 127. The normalized spacial score (nSPS) is 10.9. The van der Waals surface area contributed by atoms with Gasteiger partial charge in [0.05, 0.1) is 10.2 Å². The fourth-order valence-corrected chi connectivity index (χ4v) is 2.75. The minimum absolute atomic E-state index is 0.170. The van der Waals surface area contributed by atoms with Crippen molar-refractivity contribution in [2.75, 3.05) is 0 Å². The first-order chi connectivity index (χ1) is 5.68. The summed E-state index contributed by atoms with van der Waals surface area (Å²) in [5, 5.41) is 0. The van der Waals surface area contributed by atoms with Crippen LogP contribution in [0.4, 0.5) is 4.39 Å². The SMILES string of the molecule is Cc1ccc(F)c2sc(I)nc12. The van der Waals surface area contributed by atoms with E-state index in [-0.39, 0.29) is 5.82 Å². The zero-order valence-corrected chi connectivity index (χ0v) is 9.24. The second kappa shape index (κ2) is 2.92. The number of hydrogen-bond acceptors (Lipinski definition) is 2. The standard InChI is InChI=1S/C8H5FINS/c1-4-2-3-5(9)7-6(4)11-8(10)12-7/h2-3H,1H3. The van der Waals surface area contributed by atoms with Crippen LogP contribution in [0.1, 0.15) is 5.56 Å². The average molecular weight is 293 g/mol. The van der Waals surface area contributed by atoms with Crippen molar-refractivity contribution in [2.45, 2.75) is 6.92 Å². The molecule has 0 atom stereocenters. The van der Waals surface area contributed by atoms with E-state index in [1.807, 2.05) is 6.92 Å². The molecule has 0 radical (unpaired) electrons. The van der Waals surface area contributed by atoms with Gasteiger partial charge < -0.3 is 0 Å². The molecule has 0 fully saturated rings. The van der Waals surface area contributed by atoms with Gasteiger partial charge in [-0.05, 0) is 41.1 Å². The molecule has 0 saturated heterocycles. The molecule has 0 aliphatic rings. The molecule has 0 N–H and O–H groups in total. The van der Waals surface area contributed by atoms with Crippen molar-refractivity contribution >= 4 is 44.1 Å². The summed E-state index contributed by atoms with van der Waals surface area (Å²) in [6, 6.07) is 3.25. The largest absolute Gasteiger partial charge is 0.230 e. The molecule has 4 heteroatoms. The molecule has 0 aliphatic heterocycles. The Morgan fingerprint density at radius 3 is 2.92 bits per heavy atom. The maximum atomic E-state index is 13.1. The van der Waals surface area contributed by atoms with Gasteiger partial charge in [0.25, 0.3) is 0 Å². The van der Waals surface area contributed by atoms with Gasteiger partial charge in [0.2, 0.25) is 0 Å². The van der Waals surface area contributed by atoms with E-state index in [1.54, 1.807) is 6.07 Å². The Morgan fingerprint density at radius 1 is 1.50 bits per heavy atom. The van der Waals surface area contributed by atoms with Crippen LogP contribution in [0.2, 0.25) is 0 Å². The lowest BCUT2D eigenvalue weighted by Crippen LogP contribution is -1.79. The van der Waals surface area contributed by atoms with E-state index in [9.17, 15) is 4.39 Å². The lowest BCUT2D eigenvalue weighted by atomic mass is 10.2. The Bertz CT molecular complexity index is 399. The number of rotatable bonds is 0. The number of nitrogens with zero attached hydrogens (tertiary/aromatic N) is 1. The molecule has 12 heavy (non-hydrogen) atoms. The minimum Gasteiger partial charge on any atom is -0.230 e. The van der Waals surface area contributed by atoms with E-state index < -0.39 is 0 Å². The van der Waals surface area contributed by atoms with E-state index in [0.29, 0.717) is 4.70 Å². The first-order valence-corrected chi connectivity index (χ1v) is 5.29. The maximum Gasteiger partial charge on any atom is 0.155 e. The minimum atomic E-state index is -0.170. The summed E-state index contributed by atoms with van der Waals surface area (Å²) < 4.78 is 14.7. The van der Waals surface area contributed by atoms with Crippen molar-refractivity contribution < 1.29 is 4.39 Å². The molecule has 1 nitrogen and oxygen atoms in total. The first-order valence-electron chi connectivity index (χ1n) is 3.39. The van der Waals surface area contributed by atoms with Crippen LogP contribution in [-0.4, -0.2) is 4.98 Å². The molecule has 0 bridgehead atoms. The van der Waals surface area contributed by atoms with Crippen molar-refractivity contribution in [3.8, 4) is 0 Å². The van der Waals surface area contributed by atoms with Gasteiger partial charge >= 0.3 is 0 Å². The van der Waals surface area contributed by atoms with Crippen molar-refractivity contribution in [2.24, 2.45) is 0 Å². The quantitative estimate of drug-likeness (QED) is 0.679. The van der Waals surface area contributed by atoms with Gasteiger partial charge in [-0.3, -0.25) is 0 Å². The molecule has 2 rings (SSSR count). The van der Waals surface area contributed by atoms with Crippen LogP contribution in [-0.2, 0) is 0 Å². The van der Waals surface area contributed by atoms with Crippen LogP contribution in [0.25, 0.3) is 10.2 Å². The van der Waals surface area contributed by atoms with Gasteiger partial charge in [0.1, 0.15) is 5.82 Å². The van der Waals surface area contributed by atoms with Crippen molar-refractivity contribution in [1.82, 2.24) is 4.98 Å². The highest BCUT2D eigenvalue weighted by molar-refractivity contribution is 14.1. The zero-order chi connectivity index (χ0) is 8.72. The first kappa shape index (κ1) is 8.37. The number of benzene rings is 1. The van der Waals surface area contributed by atoms with Crippen molar-refractivity contribution in [3.05, 3.63) is 26.5 Å². The molecule has 0 spiro atoms. The summed E-state index contributed by atoms with van der Waals surface area (Å²) in [4.78, 5) is 4.24. The van der Waals surface area contributed by atoms with E-state index >= 15 is 0 Å². The van der Waals surface area contributed by atoms with E-state index in [0.717, 1.165) is 14.1 Å². The number of aromatic nitrogens is 1. The van der Waals surface area contributed by atoms with Gasteiger partial charge in [-0.2, -0.15) is 0 Å². The van der Waals surface area contributed by atoms with Gasteiger partial charge in [-0.25, -0.2) is 9.37 Å². The highest BCUT2D eigenvalue weighted by Crippen LogP contribution is 2.27. The van der Waals surface area contributed by atoms with E-state index in [2.05, 4.69) is 27.6 Å². The molecule has 62 valence electrons. The summed E-state index contributed by atoms with van der Waals surface area (Å²) in [5.74, 6) is -0.170. The zero-order valence-electron chi connectivity index (χ0n) is 6.27. The Labute approximate surface area is 86.8 Å². The third kappa shape index (κ3) is 1.22. The van der Waals surface area contributed by atoms with Crippen LogP contribution in [0, 0.1) is 15.8 Å². The monoisotopic (exact) mass is 293 g/mol. The molecule has 1 heterocycles. The molecule has 1 aromatic heterocycles. The van der Waals surface area contributed by atoms with Gasteiger partial charge in [-0.15, -0.1) is 11.3 Å². The molecule has 0 saturated carbocycles. The van der Waals surface area contributed by atoms with Gasteiger partial charge in [0.15, 0.2) is 3.01 Å². The molecule has 0 aliphatic carbocycles. The van der Waals surface area contributed by atoms with Gasteiger partial charge in [-0.1, -0.05) is 6.07 Å². The van der Waals surface area contributed by atoms with Crippen LogP contribution >= 0.6 is 33.9 Å². The summed E-state index contributed by atoms with van der Waals surface area (Å²) in [5.41, 5.74) is 1.83. The predicted octanol–water partition coefficient (Wildman–Crippen LogP) is 3.35. The third-order valence-corrected chi connectivity index (χ3v) is 3.43. The summed E-state index contributed by atoms with van der Waals surface area (Å²) >= 11 is 3.50. The Hall–Kier alpha value is -0.230. The molecular weight excluding hydrogens is 288 g/mol. The topological polar surface area (TPSA) is 12.9 Å². The van der Waals surface area contributed by atoms with Crippen molar-refractivity contribution in [1.29, 1.82) is 0 Å². The van der Waals surface area contributed by atoms with Crippen LogP contribution in [0.5, 0.6) is 0 Å². The average Bonchev–Trinajstić information content (AvgIpc) is 2.41. The maximum absolute atomic E-state index is 13.1. The van der Waals surface area contributed by atoms with Crippen LogP contribution < -0.4 is 0 Å². The Morgan fingerprint density at radius 2 is 2.25 bits per heavy atom. The van der Waals surface area contributed by atoms with E-state index in [4.69, 9.17) is 0 Å². The lowest BCUT2D eigenvalue weighted by Gasteiger charge is -1.93. The smallest absolute Gasteiger partial charge is 0.155 e. The predicted molar refractivity (Wildman–Crippen MR) is 57.0 cm³/mol. The number of hydrogen-bond donors (Lipinski definition) is 0. The van der Waals surface area contributed by atoms with Gasteiger partial charge in [0, 0.05) is 0 Å². The summed E-state index contributed by atoms with van der Waals surface area (Å²) in [6.07, 6.45) is 0. The number of halogens is 2. The molecule has 1 aromatic carbocycles. The second-order valence-electron chi connectivity index (χ2n) is 2.51. The molecular formula is C8H5FINS. The fourth-order valence-electron chi connectivity index (χ4n) is 1.08. The fraction of sp³-hybridized carbons (Fsp3) is 0.125. The second-order valence-corrected chi connectivity index (χ2v) is 5.26. The van der Waals surface area contributed by atoms with Crippen molar-refractivity contribution in [3.63, 3.8) is 0 Å². The summed E-state index contributed by atoms with van der Waals surface area (Å²) in [7, 11) is 0. The highest BCUT2D eigenvalue weighted by Gasteiger charge is 2.07. The van der Waals surface area contributed by atoms with Crippen LogP contribution in [0.3, 0.4) is 0 Å². The van der Waals surface area contributed by atoms with E-state index in [1.165, 1.54) is 17.4 Å².